The molecule has 0 aliphatic carbocycles. The molecule has 0 unspecified atom stereocenters. The summed E-state index contributed by atoms with van der Waals surface area (Å²) in [5, 5.41) is 9.44. The molecule has 1 aromatic heterocycles. The van der Waals surface area contributed by atoms with Crippen LogP contribution < -0.4 is 0 Å². The van der Waals surface area contributed by atoms with Gasteiger partial charge < -0.3 is 14.9 Å². The van der Waals surface area contributed by atoms with E-state index in [1.54, 1.807) is 6.07 Å². The summed E-state index contributed by atoms with van der Waals surface area (Å²) in [5.41, 5.74) is 0.153. The number of thioether (sulfide) groups is 1. The Morgan fingerprint density at radius 2 is 2.00 bits per heavy atom. The summed E-state index contributed by atoms with van der Waals surface area (Å²) in [6.07, 6.45) is 1.31. The van der Waals surface area contributed by atoms with Crippen molar-refractivity contribution in [2.24, 2.45) is 0 Å². The molecule has 1 fully saturated rings. The molecule has 0 atom stereocenters. The van der Waals surface area contributed by atoms with Crippen molar-refractivity contribution < 1.29 is 14.7 Å². The molecule has 2 rings (SSSR count). The third kappa shape index (κ3) is 3.94. The summed E-state index contributed by atoms with van der Waals surface area (Å²) in [7, 11) is 2.05. The Balaban J connectivity index is 1.82. The lowest BCUT2D eigenvalue weighted by atomic mass is 10.3. The van der Waals surface area contributed by atoms with Crippen LogP contribution in [0, 0.1) is 0 Å². The predicted octanol–water partition coefficient (Wildman–Crippen LogP) is 0.646. The van der Waals surface area contributed by atoms with Crippen LogP contribution in [0.5, 0.6) is 0 Å². The lowest BCUT2D eigenvalue weighted by Gasteiger charge is -2.32. The van der Waals surface area contributed by atoms with Gasteiger partial charge in [-0.3, -0.25) is 4.79 Å². The number of hydrogen-bond donors (Lipinski definition) is 1. The van der Waals surface area contributed by atoms with E-state index in [2.05, 4.69) is 9.88 Å². The van der Waals surface area contributed by atoms with Crippen LogP contribution in [-0.4, -0.2) is 70.7 Å². The molecule has 0 radical (unpaired) electrons. The molecule has 1 aliphatic heterocycles. The molecule has 1 amide bonds. The first-order chi connectivity index (χ1) is 9.56. The zero-order chi connectivity index (χ0) is 14.5. The first kappa shape index (κ1) is 14.8. The minimum atomic E-state index is -0.998. The lowest BCUT2D eigenvalue weighted by Crippen LogP contribution is -2.47. The van der Waals surface area contributed by atoms with Gasteiger partial charge in [0.15, 0.2) is 0 Å². The van der Waals surface area contributed by atoms with Gasteiger partial charge in [0, 0.05) is 32.4 Å². The maximum atomic E-state index is 12.0. The monoisotopic (exact) mass is 295 g/mol. The van der Waals surface area contributed by atoms with Gasteiger partial charge in [-0.05, 0) is 19.2 Å². The normalized spacial score (nSPS) is 16.1. The minimum Gasteiger partial charge on any atom is -0.478 e. The van der Waals surface area contributed by atoms with Gasteiger partial charge in [-0.2, -0.15) is 0 Å². The molecule has 6 nitrogen and oxygen atoms in total. The summed E-state index contributed by atoms with van der Waals surface area (Å²) in [6.45, 7) is 3.34. The maximum absolute atomic E-state index is 12.0. The van der Waals surface area contributed by atoms with E-state index < -0.39 is 5.97 Å². The Labute approximate surface area is 121 Å². The number of carbonyl (C=O) groups is 2. The fraction of sp³-hybridized carbons (Fsp3) is 0.462. The number of nitrogens with zero attached hydrogens (tertiary/aromatic N) is 3. The standard InChI is InChI=1S/C13H17N3O3S/c1-15-4-6-16(7-5-15)12(17)9-20-11-3-2-10(8-14-11)13(18)19/h2-3,8H,4-7,9H2,1H3,(H,18,19). The van der Waals surface area contributed by atoms with E-state index in [4.69, 9.17) is 5.11 Å². The Morgan fingerprint density at radius 3 is 2.55 bits per heavy atom. The van der Waals surface area contributed by atoms with Gasteiger partial charge in [-0.1, -0.05) is 11.8 Å². The number of aromatic nitrogens is 1. The fourth-order valence-electron chi connectivity index (χ4n) is 1.88. The molecule has 1 N–H and O–H groups in total. The average molecular weight is 295 g/mol. The fourth-order valence-corrected chi connectivity index (χ4v) is 2.62. The highest BCUT2D eigenvalue weighted by Gasteiger charge is 2.19. The van der Waals surface area contributed by atoms with Crippen molar-refractivity contribution in [3.05, 3.63) is 23.9 Å². The highest BCUT2D eigenvalue weighted by Crippen LogP contribution is 2.16. The van der Waals surface area contributed by atoms with E-state index in [1.807, 2.05) is 11.9 Å². The molecule has 0 aromatic carbocycles. The van der Waals surface area contributed by atoms with Crippen molar-refractivity contribution in [3.8, 4) is 0 Å². The topological polar surface area (TPSA) is 73.7 Å². The Morgan fingerprint density at radius 1 is 1.30 bits per heavy atom. The van der Waals surface area contributed by atoms with Crippen LogP contribution in [0.4, 0.5) is 0 Å². The van der Waals surface area contributed by atoms with E-state index in [0.717, 1.165) is 26.2 Å². The van der Waals surface area contributed by atoms with Gasteiger partial charge in [0.05, 0.1) is 16.3 Å². The number of carboxylic acid groups (broad SMARTS) is 1. The molecule has 2 heterocycles. The molecule has 0 bridgehead atoms. The number of likely N-dealkylation sites (N-methyl/N-ethyl adjacent to an activating group) is 1. The van der Waals surface area contributed by atoms with Crippen molar-refractivity contribution in [2.45, 2.75) is 5.03 Å². The predicted molar refractivity (Wildman–Crippen MR) is 76.0 cm³/mol. The van der Waals surface area contributed by atoms with Crippen LogP contribution in [0.15, 0.2) is 23.4 Å². The van der Waals surface area contributed by atoms with Crippen LogP contribution in [0.2, 0.25) is 0 Å². The number of carbonyl (C=O) groups excluding carboxylic acids is 1. The minimum absolute atomic E-state index is 0.104. The molecule has 1 aromatic rings. The van der Waals surface area contributed by atoms with Gasteiger partial charge in [-0.15, -0.1) is 0 Å². The SMILES string of the molecule is CN1CCN(C(=O)CSc2ccc(C(=O)O)cn2)CC1. The number of aromatic carboxylic acids is 1. The number of pyridine rings is 1. The van der Waals surface area contributed by atoms with Crippen LogP contribution in [0.3, 0.4) is 0 Å². The van der Waals surface area contributed by atoms with E-state index >= 15 is 0 Å². The van der Waals surface area contributed by atoms with Crippen LogP contribution in [-0.2, 0) is 4.79 Å². The van der Waals surface area contributed by atoms with Crippen molar-refractivity contribution in [1.29, 1.82) is 0 Å². The Kier molecular flexibility index (Phi) is 4.97. The molecule has 7 heteroatoms. The largest absolute Gasteiger partial charge is 0.478 e. The van der Waals surface area contributed by atoms with Crippen molar-refractivity contribution >= 4 is 23.6 Å². The number of piperazine rings is 1. The van der Waals surface area contributed by atoms with Crippen LogP contribution >= 0.6 is 11.8 Å². The number of rotatable bonds is 4. The van der Waals surface area contributed by atoms with Gasteiger partial charge >= 0.3 is 5.97 Å². The molecule has 1 aliphatic rings. The first-order valence-electron chi connectivity index (χ1n) is 6.35. The second kappa shape index (κ2) is 6.71. The highest BCUT2D eigenvalue weighted by atomic mass is 32.2. The molecule has 108 valence electrons. The number of carboxylic acids is 1. The molecule has 0 spiro atoms. The summed E-state index contributed by atoms with van der Waals surface area (Å²) in [6, 6.07) is 3.13. The summed E-state index contributed by atoms with van der Waals surface area (Å²) >= 11 is 1.33. The maximum Gasteiger partial charge on any atom is 0.337 e. The smallest absolute Gasteiger partial charge is 0.337 e. The van der Waals surface area contributed by atoms with E-state index in [1.165, 1.54) is 24.0 Å². The quantitative estimate of drug-likeness (QED) is 0.822. The summed E-state index contributed by atoms with van der Waals surface area (Å²) in [5.74, 6) is -0.557. The third-order valence-corrected chi connectivity index (χ3v) is 4.11. The van der Waals surface area contributed by atoms with E-state index in [0.29, 0.717) is 10.8 Å². The summed E-state index contributed by atoms with van der Waals surface area (Å²) < 4.78 is 0. The van der Waals surface area contributed by atoms with Crippen LogP contribution in [0.25, 0.3) is 0 Å². The molecule has 1 saturated heterocycles. The van der Waals surface area contributed by atoms with Gasteiger partial charge in [-0.25, -0.2) is 9.78 Å². The molecule has 20 heavy (non-hydrogen) atoms. The molecular weight excluding hydrogens is 278 g/mol. The van der Waals surface area contributed by atoms with E-state index in [9.17, 15) is 9.59 Å². The number of hydrogen-bond acceptors (Lipinski definition) is 5. The Bertz CT molecular complexity index is 484. The zero-order valence-electron chi connectivity index (χ0n) is 11.3. The van der Waals surface area contributed by atoms with Crippen molar-refractivity contribution in [3.63, 3.8) is 0 Å². The molecule has 0 saturated carbocycles. The van der Waals surface area contributed by atoms with Gasteiger partial charge in [0.1, 0.15) is 0 Å². The zero-order valence-corrected chi connectivity index (χ0v) is 12.1. The number of amides is 1. The second-order valence-corrected chi connectivity index (χ2v) is 5.66. The van der Waals surface area contributed by atoms with Crippen LogP contribution in [0.1, 0.15) is 10.4 Å². The lowest BCUT2D eigenvalue weighted by molar-refractivity contribution is -0.129. The summed E-state index contributed by atoms with van der Waals surface area (Å²) in [4.78, 5) is 30.8. The highest BCUT2D eigenvalue weighted by molar-refractivity contribution is 7.99. The Hall–Kier alpha value is -1.60. The van der Waals surface area contributed by atoms with E-state index in [-0.39, 0.29) is 11.5 Å². The first-order valence-corrected chi connectivity index (χ1v) is 7.33. The second-order valence-electron chi connectivity index (χ2n) is 4.66. The van der Waals surface area contributed by atoms with Gasteiger partial charge in [0.2, 0.25) is 5.91 Å². The third-order valence-electron chi connectivity index (χ3n) is 3.18. The van der Waals surface area contributed by atoms with Crippen molar-refractivity contribution in [1.82, 2.24) is 14.8 Å². The average Bonchev–Trinajstić information content (AvgIpc) is 2.46. The van der Waals surface area contributed by atoms with Gasteiger partial charge in [0.25, 0.3) is 0 Å². The van der Waals surface area contributed by atoms with Crippen molar-refractivity contribution in [2.75, 3.05) is 39.0 Å². The molecular formula is C13H17N3O3S.